The number of rotatable bonds is 1. The lowest BCUT2D eigenvalue weighted by Crippen LogP contribution is -2.48. The molecule has 0 aromatic heterocycles. The molecule has 4 rings (SSSR count). The summed E-state index contributed by atoms with van der Waals surface area (Å²) in [6, 6.07) is 16.9. The predicted octanol–water partition coefficient (Wildman–Crippen LogP) is 4.73. The quantitative estimate of drug-likeness (QED) is 0.737. The van der Waals surface area contributed by atoms with E-state index in [1.54, 1.807) is 0 Å². The molecule has 4 heteroatoms. The lowest BCUT2D eigenvalue weighted by Gasteiger charge is -2.43. The first-order valence-electron chi connectivity index (χ1n) is 7.45. The first kappa shape index (κ1) is 13.8. The van der Waals surface area contributed by atoms with E-state index in [2.05, 4.69) is 71.2 Å². The molecule has 0 aliphatic carbocycles. The van der Waals surface area contributed by atoms with Crippen LogP contribution in [0.3, 0.4) is 0 Å². The molecule has 112 valence electrons. The molecule has 2 aliphatic heterocycles. The largest absolute Gasteiger partial charge is 0.467 e. The summed E-state index contributed by atoms with van der Waals surface area (Å²) < 4.78 is 7.23. The third kappa shape index (κ3) is 2.13. The van der Waals surface area contributed by atoms with E-state index in [1.165, 1.54) is 11.1 Å². The van der Waals surface area contributed by atoms with Gasteiger partial charge in [-0.25, -0.2) is 5.01 Å². The normalized spacial score (nSPS) is 21.7. The van der Waals surface area contributed by atoms with E-state index in [9.17, 15) is 0 Å². The number of halogens is 1. The zero-order valence-corrected chi connectivity index (χ0v) is 14.2. The van der Waals surface area contributed by atoms with Gasteiger partial charge in [0.1, 0.15) is 5.75 Å². The minimum absolute atomic E-state index is 0.249. The van der Waals surface area contributed by atoms with Crippen molar-refractivity contribution in [3.63, 3.8) is 0 Å². The summed E-state index contributed by atoms with van der Waals surface area (Å²) >= 11 is 3.48. The highest BCUT2D eigenvalue weighted by molar-refractivity contribution is 9.10. The minimum Gasteiger partial charge on any atom is -0.467 e. The van der Waals surface area contributed by atoms with Gasteiger partial charge in [-0.3, -0.25) is 0 Å². The van der Waals surface area contributed by atoms with Crippen molar-refractivity contribution in [3.05, 3.63) is 64.1 Å². The van der Waals surface area contributed by atoms with Gasteiger partial charge in [0, 0.05) is 16.5 Å². The topological polar surface area (TPSA) is 24.8 Å². The first-order valence-corrected chi connectivity index (χ1v) is 8.24. The Morgan fingerprint density at radius 2 is 1.86 bits per heavy atom. The molecule has 2 aliphatic rings. The Morgan fingerprint density at radius 1 is 1.14 bits per heavy atom. The average Bonchev–Trinajstić information content (AvgIpc) is 2.94. The van der Waals surface area contributed by atoms with Crippen molar-refractivity contribution < 1.29 is 4.74 Å². The van der Waals surface area contributed by atoms with Gasteiger partial charge < -0.3 is 4.74 Å². The number of ether oxygens (including phenoxy) is 1. The molecule has 0 amide bonds. The van der Waals surface area contributed by atoms with Gasteiger partial charge in [0.15, 0.2) is 5.72 Å². The van der Waals surface area contributed by atoms with Crippen LogP contribution in [0.5, 0.6) is 5.75 Å². The average molecular weight is 357 g/mol. The molecule has 2 heterocycles. The molecule has 0 bridgehead atoms. The fraction of sp³-hybridized carbons (Fsp3) is 0.278. The highest BCUT2D eigenvalue weighted by Crippen LogP contribution is 2.46. The van der Waals surface area contributed by atoms with Gasteiger partial charge in [-0.05, 0) is 37.6 Å². The zero-order valence-electron chi connectivity index (χ0n) is 12.6. The van der Waals surface area contributed by atoms with Gasteiger partial charge in [0.25, 0.3) is 0 Å². The molecule has 0 spiro atoms. The number of nitrogens with zero attached hydrogens (tertiary/aromatic N) is 2. The van der Waals surface area contributed by atoms with E-state index in [0.29, 0.717) is 0 Å². The molecule has 22 heavy (non-hydrogen) atoms. The van der Waals surface area contributed by atoms with Gasteiger partial charge in [-0.15, -0.1) is 0 Å². The molecule has 0 unspecified atom stereocenters. The summed E-state index contributed by atoms with van der Waals surface area (Å²) in [6.45, 7) is 4.15. The van der Waals surface area contributed by atoms with Crippen molar-refractivity contribution in [2.45, 2.75) is 32.0 Å². The number of benzene rings is 2. The molecule has 0 saturated carbocycles. The van der Waals surface area contributed by atoms with Gasteiger partial charge in [0.05, 0.1) is 11.8 Å². The molecule has 1 atom stereocenters. The predicted molar refractivity (Wildman–Crippen MR) is 91.0 cm³/mol. The lowest BCUT2D eigenvalue weighted by molar-refractivity contribution is -0.0911. The van der Waals surface area contributed by atoms with E-state index in [4.69, 9.17) is 9.84 Å². The maximum absolute atomic E-state index is 6.15. The number of para-hydroxylation sites is 1. The van der Waals surface area contributed by atoms with E-state index in [1.807, 2.05) is 12.1 Å². The van der Waals surface area contributed by atoms with Crippen LogP contribution in [0.2, 0.25) is 0 Å². The van der Waals surface area contributed by atoms with Crippen LogP contribution in [0.25, 0.3) is 0 Å². The number of hydrogen-bond acceptors (Lipinski definition) is 3. The van der Waals surface area contributed by atoms with Crippen molar-refractivity contribution >= 4 is 21.6 Å². The van der Waals surface area contributed by atoms with Gasteiger partial charge in [-0.1, -0.05) is 46.3 Å². The van der Waals surface area contributed by atoms with Crippen LogP contribution in [-0.2, 0) is 0 Å². The van der Waals surface area contributed by atoms with Crippen molar-refractivity contribution in [1.82, 2.24) is 5.01 Å². The highest BCUT2D eigenvalue weighted by Gasteiger charge is 2.44. The van der Waals surface area contributed by atoms with Crippen molar-refractivity contribution in [2.75, 3.05) is 0 Å². The fourth-order valence-electron chi connectivity index (χ4n) is 3.23. The molecule has 0 N–H and O–H groups in total. The molecule has 3 nitrogen and oxygen atoms in total. The summed E-state index contributed by atoms with van der Waals surface area (Å²) in [7, 11) is 0. The van der Waals surface area contributed by atoms with Crippen molar-refractivity contribution in [2.24, 2.45) is 5.10 Å². The van der Waals surface area contributed by atoms with Crippen molar-refractivity contribution in [1.29, 1.82) is 0 Å². The van der Waals surface area contributed by atoms with Crippen LogP contribution in [0, 0.1) is 0 Å². The molecule has 0 radical (unpaired) electrons. The number of hydrazone groups is 1. The highest BCUT2D eigenvalue weighted by atomic mass is 79.9. The Labute approximate surface area is 138 Å². The molecule has 2 aromatic carbocycles. The Bertz CT molecular complexity index is 752. The Hall–Kier alpha value is -1.81. The number of fused-ring (bicyclic) bond motifs is 3. The smallest absolute Gasteiger partial charge is 0.192 e. The summed E-state index contributed by atoms with van der Waals surface area (Å²) in [4.78, 5) is 0. The SMILES string of the molecule is CC1(C)Oc2ccccc2[C@H]2CC(c3ccc(Br)cc3)=NN21. The third-order valence-electron chi connectivity index (χ3n) is 4.28. The lowest BCUT2D eigenvalue weighted by atomic mass is 9.95. The fourth-order valence-corrected chi connectivity index (χ4v) is 3.49. The standard InChI is InChI=1S/C18H17BrN2O/c1-18(2)21-16(14-5-3-4-6-17(14)22-18)11-15(20-21)12-7-9-13(19)10-8-12/h3-10,16H,11H2,1-2H3/t16-/m1/s1. The molecular formula is C18H17BrN2O. The molecule has 2 aromatic rings. The second-order valence-corrected chi connectivity index (χ2v) is 7.12. The second kappa shape index (κ2) is 4.85. The van der Waals surface area contributed by atoms with Crippen molar-refractivity contribution in [3.8, 4) is 5.75 Å². The maximum Gasteiger partial charge on any atom is 0.192 e. The zero-order chi connectivity index (χ0) is 15.3. The van der Waals surface area contributed by atoms with Crippen LogP contribution < -0.4 is 4.74 Å². The van der Waals surface area contributed by atoms with Crippen LogP contribution in [0.1, 0.15) is 37.4 Å². The number of hydrogen-bond donors (Lipinski definition) is 0. The van der Waals surface area contributed by atoms with E-state index < -0.39 is 5.72 Å². The first-order chi connectivity index (χ1) is 10.5. The van der Waals surface area contributed by atoms with E-state index in [-0.39, 0.29) is 6.04 Å². The summed E-state index contributed by atoms with van der Waals surface area (Å²) in [5.41, 5.74) is 3.07. The second-order valence-electron chi connectivity index (χ2n) is 6.20. The van der Waals surface area contributed by atoms with Gasteiger partial charge in [0.2, 0.25) is 0 Å². The summed E-state index contributed by atoms with van der Waals surface area (Å²) in [6.07, 6.45) is 0.908. The van der Waals surface area contributed by atoms with Gasteiger partial charge in [-0.2, -0.15) is 5.10 Å². The molecule has 0 saturated heterocycles. The Kier molecular flexibility index (Phi) is 3.05. The Balaban J connectivity index is 1.76. The third-order valence-corrected chi connectivity index (χ3v) is 4.81. The molecular weight excluding hydrogens is 340 g/mol. The van der Waals surface area contributed by atoms with Gasteiger partial charge >= 0.3 is 0 Å². The van der Waals surface area contributed by atoms with Crippen LogP contribution in [-0.4, -0.2) is 16.4 Å². The summed E-state index contributed by atoms with van der Waals surface area (Å²) in [5.74, 6) is 0.973. The van der Waals surface area contributed by atoms with Crippen LogP contribution in [0.15, 0.2) is 58.1 Å². The Morgan fingerprint density at radius 3 is 2.64 bits per heavy atom. The minimum atomic E-state index is -0.434. The van der Waals surface area contributed by atoms with Crippen LogP contribution in [0.4, 0.5) is 0 Å². The monoisotopic (exact) mass is 356 g/mol. The van der Waals surface area contributed by atoms with E-state index >= 15 is 0 Å². The summed E-state index contributed by atoms with van der Waals surface area (Å²) in [5, 5.41) is 6.98. The molecule has 0 fully saturated rings. The van der Waals surface area contributed by atoms with E-state index in [0.717, 1.165) is 22.4 Å². The van der Waals surface area contributed by atoms with Crippen LogP contribution >= 0.6 is 15.9 Å². The maximum atomic E-state index is 6.15.